The van der Waals surface area contributed by atoms with Crippen LogP contribution in [0.5, 0.6) is 0 Å². The van der Waals surface area contributed by atoms with Crippen LogP contribution >= 0.6 is 0 Å². The van der Waals surface area contributed by atoms with Gasteiger partial charge in [0, 0.05) is 5.92 Å². The maximum absolute atomic E-state index is 12.6. The summed E-state index contributed by atoms with van der Waals surface area (Å²) in [6.07, 6.45) is 6.33. The van der Waals surface area contributed by atoms with Crippen molar-refractivity contribution in [3.05, 3.63) is 93.1 Å². The maximum Gasteiger partial charge on any atom is 0.141 e. The fraction of sp³-hybridized carbons (Fsp3) is 0.308. The first kappa shape index (κ1) is 17.4. The third-order valence-corrected chi connectivity index (χ3v) is 6.94. The van der Waals surface area contributed by atoms with Gasteiger partial charge in [0.1, 0.15) is 12.1 Å². The van der Waals surface area contributed by atoms with Crippen molar-refractivity contribution in [2.24, 2.45) is 5.92 Å². The molecule has 5 rings (SSSR count). The largest absolute Gasteiger partial charge is 0.302 e. The molecule has 3 aliphatic carbocycles. The Hall–Kier alpha value is -2.74. The van der Waals surface area contributed by atoms with Crippen LogP contribution in [-0.2, 0) is 16.0 Å². The van der Waals surface area contributed by atoms with Crippen molar-refractivity contribution in [1.29, 1.82) is 0 Å². The first-order valence-corrected chi connectivity index (χ1v) is 10.1. The topological polar surface area (TPSA) is 34.1 Å². The standard InChI is InChI=1S/C26H24O2/c1-14-8-9-19-15(2)21-12-22-18(11-23(21)24(13-27)25(14)19)10-17-6-4-5-7-20(17)26(22)16(3)28/h4-9,11-15,24,26H,10H2,1-3H3. The average Bonchev–Trinajstić information content (AvgIpc) is 3.07. The summed E-state index contributed by atoms with van der Waals surface area (Å²) in [6.45, 7) is 6.09. The van der Waals surface area contributed by atoms with Crippen LogP contribution in [0.1, 0.15) is 71.9 Å². The minimum atomic E-state index is -0.208. The number of rotatable bonds is 2. The summed E-state index contributed by atoms with van der Waals surface area (Å²) in [5.41, 5.74) is 9.56. The molecule has 0 bridgehead atoms. The number of allylic oxidation sites excluding steroid dienone is 4. The van der Waals surface area contributed by atoms with E-state index in [0.717, 1.165) is 29.4 Å². The molecule has 2 aromatic rings. The summed E-state index contributed by atoms with van der Waals surface area (Å²) in [5, 5.41) is 0. The van der Waals surface area contributed by atoms with Gasteiger partial charge >= 0.3 is 0 Å². The van der Waals surface area contributed by atoms with Crippen LogP contribution in [0.4, 0.5) is 0 Å². The van der Waals surface area contributed by atoms with Crippen molar-refractivity contribution in [3.8, 4) is 0 Å². The smallest absolute Gasteiger partial charge is 0.141 e. The lowest BCUT2D eigenvalue weighted by atomic mass is 9.68. The van der Waals surface area contributed by atoms with Crippen LogP contribution in [0, 0.1) is 5.92 Å². The van der Waals surface area contributed by atoms with Crippen LogP contribution in [0.25, 0.3) is 0 Å². The van der Waals surface area contributed by atoms with Crippen LogP contribution in [0.3, 0.4) is 0 Å². The van der Waals surface area contributed by atoms with Gasteiger partial charge in [0.2, 0.25) is 0 Å². The Morgan fingerprint density at radius 1 is 1.00 bits per heavy atom. The third-order valence-electron chi connectivity index (χ3n) is 6.94. The summed E-state index contributed by atoms with van der Waals surface area (Å²) in [5.74, 6) is 0.350. The van der Waals surface area contributed by atoms with Gasteiger partial charge < -0.3 is 4.79 Å². The van der Waals surface area contributed by atoms with E-state index in [-0.39, 0.29) is 23.5 Å². The summed E-state index contributed by atoms with van der Waals surface area (Å²) in [4.78, 5) is 24.8. The van der Waals surface area contributed by atoms with Crippen LogP contribution in [0.2, 0.25) is 0 Å². The fourth-order valence-corrected chi connectivity index (χ4v) is 5.60. The number of ketones is 1. The van der Waals surface area contributed by atoms with Crippen molar-refractivity contribution < 1.29 is 9.59 Å². The first-order valence-electron chi connectivity index (χ1n) is 10.1. The van der Waals surface area contributed by atoms with Gasteiger partial charge in [0.25, 0.3) is 0 Å². The van der Waals surface area contributed by atoms with Crippen molar-refractivity contribution in [1.82, 2.24) is 0 Å². The van der Waals surface area contributed by atoms with Gasteiger partial charge in [-0.2, -0.15) is 0 Å². The molecule has 2 nitrogen and oxygen atoms in total. The molecule has 140 valence electrons. The molecule has 0 fully saturated rings. The molecule has 0 radical (unpaired) electrons. The molecular formula is C26H24O2. The second-order valence-corrected chi connectivity index (χ2v) is 8.49. The quantitative estimate of drug-likeness (QED) is 0.682. The van der Waals surface area contributed by atoms with E-state index in [1.165, 1.54) is 27.8 Å². The van der Waals surface area contributed by atoms with Gasteiger partial charge in [-0.05, 0) is 63.8 Å². The molecule has 0 saturated heterocycles. The van der Waals surface area contributed by atoms with Crippen molar-refractivity contribution in [2.75, 3.05) is 0 Å². The normalized spacial score (nSPS) is 27.0. The number of hydrogen-bond donors (Lipinski definition) is 0. The highest BCUT2D eigenvalue weighted by molar-refractivity contribution is 5.89. The zero-order valence-corrected chi connectivity index (χ0v) is 16.5. The molecule has 4 unspecified atom stereocenters. The number of fused-ring (bicyclic) bond motifs is 3. The number of benzene rings is 2. The lowest BCUT2D eigenvalue weighted by molar-refractivity contribution is -0.117. The Kier molecular flexibility index (Phi) is 3.80. The zero-order valence-electron chi connectivity index (χ0n) is 16.5. The number of hydrogen-bond acceptors (Lipinski definition) is 2. The molecular weight excluding hydrogens is 344 g/mol. The Labute approximate surface area is 166 Å². The van der Waals surface area contributed by atoms with E-state index in [2.05, 4.69) is 50.3 Å². The zero-order chi connectivity index (χ0) is 19.6. The van der Waals surface area contributed by atoms with E-state index in [4.69, 9.17) is 0 Å². The molecule has 28 heavy (non-hydrogen) atoms. The Morgan fingerprint density at radius 2 is 1.79 bits per heavy atom. The van der Waals surface area contributed by atoms with Gasteiger partial charge in [-0.25, -0.2) is 0 Å². The predicted molar refractivity (Wildman–Crippen MR) is 111 cm³/mol. The maximum atomic E-state index is 12.6. The van der Waals surface area contributed by atoms with Gasteiger partial charge in [-0.15, -0.1) is 0 Å². The lowest BCUT2D eigenvalue weighted by Crippen LogP contribution is -2.24. The summed E-state index contributed by atoms with van der Waals surface area (Å²) in [6, 6.07) is 12.7. The van der Waals surface area contributed by atoms with E-state index >= 15 is 0 Å². The molecule has 0 aromatic heterocycles. The number of aldehydes is 1. The van der Waals surface area contributed by atoms with E-state index in [9.17, 15) is 9.59 Å². The molecule has 0 saturated carbocycles. The second-order valence-electron chi connectivity index (χ2n) is 8.49. The van der Waals surface area contributed by atoms with E-state index < -0.39 is 0 Å². The van der Waals surface area contributed by atoms with Crippen LogP contribution in [-0.4, -0.2) is 12.1 Å². The van der Waals surface area contributed by atoms with Gasteiger partial charge in [0.05, 0.1) is 11.8 Å². The van der Waals surface area contributed by atoms with Crippen molar-refractivity contribution in [3.63, 3.8) is 0 Å². The number of carbonyl (C=O) groups excluding carboxylic acids is 2. The minimum absolute atomic E-state index is 0.176. The SMILES string of the molecule is CC(=O)C1c2ccccc2Cc2cc3c(cc21)C(C)C1=C(C(C)C=C1)C3C=O. The first-order chi connectivity index (χ1) is 13.5. The third kappa shape index (κ3) is 2.27. The monoisotopic (exact) mass is 368 g/mol. The number of Topliss-reactive ketones (excluding diaryl/α,β-unsaturated/α-hetero) is 1. The van der Waals surface area contributed by atoms with E-state index in [1.807, 2.05) is 12.1 Å². The Balaban J connectivity index is 1.73. The van der Waals surface area contributed by atoms with Crippen molar-refractivity contribution in [2.45, 2.75) is 44.9 Å². The van der Waals surface area contributed by atoms with E-state index in [1.54, 1.807) is 6.92 Å². The highest BCUT2D eigenvalue weighted by Crippen LogP contribution is 2.50. The highest BCUT2D eigenvalue weighted by atomic mass is 16.1. The molecule has 0 heterocycles. The predicted octanol–water partition coefficient (Wildman–Crippen LogP) is 5.21. The summed E-state index contributed by atoms with van der Waals surface area (Å²) in [7, 11) is 0. The Morgan fingerprint density at radius 3 is 2.54 bits per heavy atom. The van der Waals surface area contributed by atoms with E-state index in [0.29, 0.717) is 5.92 Å². The summed E-state index contributed by atoms with van der Waals surface area (Å²) >= 11 is 0. The molecule has 4 atom stereocenters. The van der Waals surface area contributed by atoms with Crippen LogP contribution < -0.4 is 0 Å². The molecule has 0 amide bonds. The Bertz CT molecular complexity index is 1090. The average molecular weight is 368 g/mol. The lowest BCUT2D eigenvalue weighted by Gasteiger charge is -2.35. The summed E-state index contributed by atoms with van der Waals surface area (Å²) < 4.78 is 0. The molecule has 2 heteroatoms. The minimum Gasteiger partial charge on any atom is -0.302 e. The molecule has 3 aliphatic rings. The van der Waals surface area contributed by atoms with Gasteiger partial charge in [-0.1, -0.05) is 62.4 Å². The molecule has 0 N–H and O–H groups in total. The fourth-order valence-electron chi connectivity index (χ4n) is 5.60. The highest BCUT2D eigenvalue weighted by Gasteiger charge is 2.38. The van der Waals surface area contributed by atoms with Gasteiger partial charge in [-0.3, -0.25) is 4.79 Å². The van der Waals surface area contributed by atoms with Crippen molar-refractivity contribution >= 4 is 12.1 Å². The molecule has 2 aromatic carbocycles. The van der Waals surface area contributed by atoms with Crippen LogP contribution in [0.15, 0.2) is 59.7 Å². The molecule has 0 aliphatic heterocycles. The molecule has 0 spiro atoms. The second kappa shape index (κ2) is 6.13. The van der Waals surface area contributed by atoms with Gasteiger partial charge in [0.15, 0.2) is 0 Å². The number of carbonyl (C=O) groups is 2.